The number of nitrogens with zero attached hydrogens (tertiary/aromatic N) is 5. The number of carbonyl (C=O) groups excluding carboxylic acids is 1. The van der Waals surface area contributed by atoms with Gasteiger partial charge in [0.05, 0.1) is 11.2 Å². The summed E-state index contributed by atoms with van der Waals surface area (Å²) in [5, 5.41) is 3.60. The first-order valence-electron chi connectivity index (χ1n) is 11.0. The molecule has 2 aromatic heterocycles. The van der Waals surface area contributed by atoms with Gasteiger partial charge in [-0.25, -0.2) is 14.8 Å². The molecule has 1 fully saturated rings. The van der Waals surface area contributed by atoms with E-state index in [2.05, 4.69) is 20.2 Å². The van der Waals surface area contributed by atoms with Gasteiger partial charge in [0.25, 0.3) is 0 Å². The highest BCUT2D eigenvalue weighted by Gasteiger charge is 2.24. The number of hydrogen-bond donors (Lipinski definition) is 2. The first-order valence-corrected chi connectivity index (χ1v) is 11.4. The van der Waals surface area contributed by atoms with E-state index in [-0.39, 0.29) is 12.0 Å². The quantitative estimate of drug-likeness (QED) is 0.451. The van der Waals surface area contributed by atoms with Gasteiger partial charge in [0.15, 0.2) is 5.82 Å². The molecule has 0 aliphatic carbocycles. The zero-order chi connectivity index (χ0) is 23.7. The molecule has 0 atom stereocenters. The summed E-state index contributed by atoms with van der Waals surface area (Å²) in [7, 11) is 0. The largest absolute Gasteiger partial charge is 0.368 e. The van der Waals surface area contributed by atoms with Crippen molar-refractivity contribution in [3.63, 3.8) is 0 Å². The fourth-order valence-electron chi connectivity index (χ4n) is 4.10. The van der Waals surface area contributed by atoms with Crippen molar-refractivity contribution in [1.29, 1.82) is 0 Å². The molecule has 2 amide bonds. The van der Waals surface area contributed by atoms with Gasteiger partial charge in [0.1, 0.15) is 5.52 Å². The second kappa shape index (κ2) is 9.15. The minimum atomic E-state index is -0.114. The summed E-state index contributed by atoms with van der Waals surface area (Å²) in [6.45, 7) is 4.30. The molecule has 4 aromatic rings. The molecule has 8 nitrogen and oxygen atoms in total. The summed E-state index contributed by atoms with van der Waals surface area (Å²) in [6.07, 6.45) is 0. The third-order valence-electron chi connectivity index (χ3n) is 5.83. The number of urea groups is 1. The molecule has 0 unspecified atom stereocenters. The van der Waals surface area contributed by atoms with Gasteiger partial charge in [0.2, 0.25) is 5.95 Å². The maximum absolute atomic E-state index is 12.7. The Morgan fingerprint density at radius 2 is 1.76 bits per heavy atom. The molecule has 0 saturated carbocycles. The Balaban J connectivity index is 1.37. The number of anilines is 3. The molecule has 34 heavy (non-hydrogen) atoms. The fourth-order valence-corrected chi connectivity index (χ4v) is 4.34. The van der Waals surface area contributed by atoms with E-state index in [4.69, 9.17) is 22.3 Å². The predicted molar refractivity (Wildman–Crippen MR) is 136 cm³/mol. The van der Waals surface area contributed by atoms with Crippen LogP contribution < -0.4 is 16.0 Å². The smallest absolute Gasteiger partial charge is 0.321 e. The van der Waals surface area contributed by atoms with Crippen LogP contribution in [0.4, 0.5) is 22.2 Å². The van der Waals surface area contributed by atoms with Gasteiger partial charge in [-0.05, 0) is 42.8 Å². The lowest BCUT2D eigenvalue weighted by atomic mass is 10.1. The summed E-state index contributed by atoms with van der Waals surface area (Å²) >= 11 is 6.39. The van der Waals surface area contributed by atoms with Gasteiger partial charge in [-0.1, -0.05) is 41.9 Å². The monoisotopic (exact) mass is 473 g/mol. The number of carbonyl (C=O) groups is 1. The predicted octanol–water partition coefficient (Wildman–Crippen LogP) is 4.59. The van der Waals surface area contributed by atoms with Crippen molar-refractivity contribution in [2.75, 3.05) is 42.1 Å². The standard InChI is InChI=1S/C25H24ClN7O/c1-16-5-4-6-17(15-16)28-25(34)33-13-11-32(12-14-33)23-22-21(30-24(27)31-23)10-9-20(29-22)18-7-2-3-8-19(18)26/h2-10,15H,11-14H2,1H3,(H,28,34)(H2,27,30,31). The summed E-state index contributed by atoms with van der Waals surface area (Å²) in [5.41, 5.74) is 10.8. The Bertz CT molecular complexity index is 1370. The summed E-state index contributed by atoms with van der Waals surface area (Å²) in [4.78, 5) is 30.3. The SMILES string of the molecule is Cc1cccc(NC(=O)N2CCN(c3nc(N)nc4ccc(-c5ccccc5Cl)nc34)CC2)c1. The highest BCUT2D eigenvalue weighted by atomic mass is 35.5. The normalized spacial score (nSPS) is 13.8. The number of amides is 2. The first-order chi connectivity index (χ1) is 16.5. The van der Waals surface area contributed by atoms with Crippen LogP contribution in [0.5, 0.6) is 0 Å². The van der Waals surface area contributed by atoms with Crippen LogP contribution in [0.3, 0.4) is 0 Å². The first kappa shape index (κ1) is 21.9. The molecule has 0 radical (unpaired) electrons. The zero-order valence-corrected chi connectivity index (χ0v) is 19.5. The van der Waals surface area contributed by atoms with E-state index in [9.17, 15) is 4.79 Å². The van der Waals surface area contributed by atoms with Crippen molar-refractivity contribution < 1.29 is 4.79 Å². The zero-order valence-electron chi connectivity index (χ0n) is 18.7. The van der Waals surface area contributed by atoms with Crippen LogP contribution in [-0.2, 0) is 0 Å². The number of hydrogen-bond acceptors (Lipinski definition) is 6. The van der Waals surface area contributed by atoms with Crippen LogP contribution in [-0.4, -0.2) is 52.1 Å². The van der Waals surface area contributed by atoms with E-state index in [1.807, 2.05) is 67.6 Å². The van der Waals surface area contributed by atoms with Crippen LogP contribution in [0.25, 0.3) is 22.3 Å². The van der Waals surface area contributed by atoms with E-state index in [1.54, 1.807) is 4.90 Å². The van der Waals surface area contributed by atoms with Crippen molar-refractivity contribution in [2.24, 2.45) is 0 Å². The van der Waals surface area contributed by atoms with Crippen molar-refractivity contribution in [1.82, 2.24) is 19.9 Å². The number of pyridine rings is 1. The molecule has 172 valence electrons. The third-order valence-corrected chi connectivity index (χ3v) is 6.16. The lowest BCUT2D eigenvalue weighted by Gasteiger charge is -2.35. The molecule has 3 N–H and O–H groups in total. The van der Waals surface area contributed by atoms with Crippen molar-refractivity contribution in [3.05, 3.63) is 71.2 Å². The van der Waals surface area contributed by atoms with Crippen LogP contribution in [0.15, 0.2) is 60.7 Å². The number of rotatable bonds is 3. The molecule has 1 saturated heterocycles. The molecule has 2 aromatic carbocycles. The molecular formula is C25H24ClN7O. The minimum absolute atomic E-state index is 0.114. The summed E-state index contributed by atoms with van der Waals surface area (Å²) in [6, 6.07) is 19.0. The molecular weight excluding hydrogens is 450 g/mol. The van der Waals surface area contributed by atoms with Gasteiger partial charge in [-0.2, -0.15) is 4.98 Å². The van der Waals surface area contributed by atoms with Crippen LogP contribution >= 0.6 is 11.6 Å². The van der Waals surface area contributed by atoms with Crippen LogP contribution in [0.1, 0.15) is 5.56 Å². The summed E-state index contributed by atoms with van der Waals surface area (Å²) < 4.78 is 0. The number of halogens is 1. The van der Waals surface area contributed by atoms with Gasteiger partial charge in [0, 0.05) is 42.5 Å². The lowest BCUT2D eigenvalue weighted by Crippen LogP contribution is -2.50. The van der Waals surface area contributed by atoms with Crippen LogP contribution in [0, 0.1) is 6.92 Å². The molecule has 9 heteroatoms. The van der Waals surface area contributed by atoms with E-state index in [0.717, 1.165) is 22.5 Å². The number of fused-ring (bicyclic) bond motifs is 1. The maximum Gasteiger partial charge on any atom is 0.321 e. The highest BCUT2D eigenvalue weighted by Crippen LogP contribution is 2.30. The van der Waals surface area contributed by atoms with E-state index >= 15 is 0 Å². The van der Waals surface area contributed by atoms with E-state index < -0.39 is 0 Å². The average molecular weight is 474 g/mol. The number of benzene rings is 2. The number of nitrogens with two attached hydrogens (primary N) is 1. The number of aromatic nitrogens is 3. The molecule has 5 rings (SSSR count). The van der Waals surface area contributed by atoms with Gasteiger partial charge < -0.3 is 20.9 Å². The second-order valence-electron chi connectivity index (χ2n) is 8.22. The van der Waals surface area contributed by atoms with Gasteiger partial charge >= 0.3 is 6.03 Å². The van der Waals surface area contributed by atoms with Crippen molar-refractivity contribution >= 4 is 46.1 Å². The number of piperazine rings is 1. The highest BCUT2D eigenvalue weighted by molar-refractivity contribution is 6.33. The molecule has 1 aliphatic heterocycles. The van der Waals surface area contributed by atoms with E-state index in [1.165, 1.54) is 0 Å². The van der Waals surface area contributed by atoms with Crippen LogP contribution in [0.2, 0.25) is 5.02 Å². The van der Waals surface area contributed by atoms with Gasteiger partial charge in [-0.3, -0.25) is 0 Å². The number of aryl methyl sites for hydroxylation is 1. The minimum Gasteiger partial charge on any atom is -0.368 e. The third kappa shape index (κ3) is 4.45. The summed E-state index contributed by atoms with van der Waals surface area (Å²) in [5.74, 6) is 0.851. The number of nitrogens with one attached hydrogen (secondary N) is 1. The Hall–Kier alpha value is -3.91. The molecule has 0 spiro atoms. The van der Waals surface area contributed by atoms with Gasteiger partial charge in [-0.15, -0.1) is 0 Å². The Morgan fingerprint density at radius 3 is 2.53 bits per heavy atom. The molecule has 1 aliphatic rings. The Morgan fingerprint density at radius 1 is 0.971 bits per heavy atom. The maximum atomic E-state index is 12.7. The molecule has 0 bridgehead atoms. The Kier molecular flexibility index (Phi) is 5.90. The van der Waals surface area contributed by atoms with Crippen molar-refractivity contribution in [3.8, 4) is 11.3 Å². The second-order valence-corrected chi connectivity index (χ2v) is 8.63. The topological polar surface area (TPSA) is 100 Å². The Labute approximate surface area is 202 Å². The lowest BCUT2D eigenvalue weighted by molar-refractivity contribution is 0.208. The average Bonchev–Trinajstić information content (AvgIpc) is 2.84. The molecule has 3 heterocycles. The fraction of sp³-hybridized carbons (Fsp3) is 0.200. The number of nitrogen functional groups attached to an aromatic ring is 1. The van der Waals surface area contributed by atoms with Crippen molar-refractivity contribution in [2.45, 2.75) is 6.92 Å². The van der Waals surface area contributed by atoms with E-state index in [0.29, 0.717) is 48.1 Å².